The fraction of sp³-hybridized carbons (Fsp3) is 0.364. The summed E-state index contributed by atoms with van der Waals surface area (Å²) in [4.78, 5) is 12.3. The largest absolute Gasteiger partial charge is 0.300 e. The van der Waals surface area contributed by atoms with E-state index in [0.29, 0.717) is 11.0 Å². The third-order valence-corrected chi connectivity index (χ3v) is 3.53. The minimum atomic E-state index is 0.424. The van der Waals surface area contributed by atoms with Crippen LogP contribution in [0.15, 0.2) is 35.2 Å². The Bertz CT molecular complexity index is 294. The van der Waals surface area contributed by atoms with Crippen LogP contribution in [0.1, 0.15) is 19.3 Å². The van der Waals surface area contributed by atoms with E-state index < -0.39 is 0 Å². The Hall–Kier alpha value is -0.760. The van der Waals surface area contributed by atoms with Gasteiger partial charge in [-0.25, -0.2) is 0 Å². The number of carbonyl (C=O) groups is 1. The molecule has 2 heteroatoms. The SMILES string of the molecule is O=C1CC[C@H](Sc2ccccc2)C1. The van der Waals surface area contributed by atoms with Crippen LogP contribution in [0.5, 0.6) is 0 Å². The molecule has 0 unspecified atom stereocenters. The Morgan fingerprint density at radius 1 is 1.23 bits per heavy atom. The van der Waals surface area contributed by atoms with Crippen LogP contribution in [0.2, 0.25) is 0 Å². The average Bonchev–Trinajstić information content (AvgIpc) is 2.53. The van der Waals surface area contributed by atoms with Crippen LogP contribution in [0.25, 0.3) is 0 Å². The highest BCUT2D eigenvalue weighted by atomic mass is 32.2. The molecule has 1 aliphatic carbocycles. The van der Waals surface area contributed by atoms with E-state index in [9.17, 15) is 4.79 Å². The number of carbonyl (C=O) groups excluding carboxylic acids is 1. The van der Waals surface area contributed by atoms with E-state index in [0.717, 1.165) is 19.3 Å². The van der Waals surface area contributed by atoms with Crippen LogP contribution in [-0.4, -0.2) is 11.0 Å². The predicted molar refractivity (Wildman–Crippen MR) is 54.9 cm³/mol. The maximum Gasteiger partial charge on any atom is 0.134 e. The quantitative estimate of drug-likeness (QED) is 0.716. The van der Waals surface area contributed by atoms with E-state index in [4.69, 9.17) is 0 Å². The molecule has 68 valence electrons. The van der Waals surface area contributed by atoms with Gasteiger partial charge in [-0.15, -0.1) is 11.8 Å². The molecule has 0 N–H and O–H groups in total. The molecule has 0 radical (unpaired) electrons. The first-order valence-electron chi connectivity index (χ1n) is 4.58. The molecule has 0 aliphatic heterocycles. The van der Waals surface area contributed by atoms with Crippen molar-refractivity contribution in [2.75, 3.05) is 0 Å². The minimum Gasteiger partial charge on any atom is -0.300 e. The van der Waals surface area contributed by atoms with Gasteiger partial charge >= 0.3 is 0 Å². The highest BCUT2D eigenvalue weighted by Crippen LogP contribution is 2.32. The van der Waals surface area contributed by atoms with Gasteiger partial charge in [0.1, 0.15) is 5.78 Å². The minimum absolute atomic E-state index is 0.424. The van der Waals surface area contributed by atoms with Crippen LogP contribution in [0.3, 0.4) is 0 Å². The maximum atomic E-state index is 11.0. The van der Waals surface area contributed by atoms with Crippen molar-refractivity contribution in [3.05, 3.63) is 30.3 Å². The molecule has 0 bridgehead atoms. The molecule has 1 fully saturated rings. The second kappa shape index (κ2) is 3.97. The first-order valence-corrected chi connectivity index (χ1v) is 5.46. The van der Waals surface area contributed by atoms with E-state index in [1.807, 2.05) is 30.0 Å². The van der Waals surface area contributed by atoms with Gasteiger partial charge in [0, 0.05) is 23.0 Å². The zero-order valence-electron chi connectivity index (χ0n) is 7.40. The second-order valence-corrected chi connectivity index (χ2v) is 4.71. The monoisotopic (exact) mass is 192 g/mol. The van der Waals surface area contributed by atoms with Gasteiger partial charge in [0.25, 0.3) is 0 Å². The summed E-state index contributed by atoms with van der Waals surface area (Å²) < 4.78 is 0. The van der Waals surface area contributed by atoms with Crippen molar-refractivity contribution in [3.63, 3.8) is 0 Å². The fourth-order valence-corrected chi connectivity index (χ4v) is 2.78. The Labute approximate surface area is 82.5 Å². The number of hydrogen-bond donors (Lipinski definition) is 0. The standard InChI is InChI=1S/C11H12OS/c12-9-6-7-11(8-9)13-10-4-2-1-3-5-10/h1-5,11H,6-8H2/t11-/m0/s1. The zero-order valence-corrected chi connectivity index (χ0v) is 8.22. The van der Waals surface area contributed by atoms with Gasteiger partial charge in [-0.2, -0.15) is 0 Å². The van der Waals surface area contributed by atoms with E-state index in [1.165, 1.54) is 4.90 Å². The summed E-state index contributed by atoms with van der Waals surface area (Å²) in [6.45, 7) is 0. The molecule has 0 heterocycles. The molecule has 2 rings (SSSR count). The van der Waals surface area contributed by atoms with Crippen molar-refractivity contribution in [3.8, 4) is 0 Å². The summed E-state index contributed by atoms with van der Waals surface area (Å²) in [5.41, 5.74) is 0. The Kier molecular flexibility index (Phi) is 2.69. The van der Waals surface area contributed by atoms with Crippen LogP contribution in [-0.2, 0) is 4.79 Å². The molecule has 0 amide bonds. The topological polar surface area (TPSA) is 17.1 Å². The number of Topliss-reactive ketones (excluding diaryl/α,β-unsaturated/α-hetero) is 1. The first-order chi connectivity index (χ1) is 6.34. The van der Waals surface area contributed by atoms with Crippen molar-refractivity contribution < 1.29 is 4.79 Å². The van der Waals surface area contributed by atoms with Gasteiger partial charge in [0.05, 0.1) is 0 Å². The van der Waals surface area contributed by atoms with Gasteiger partial charge in [0.15, 0.2) is 0 Å². The van der Waals surface area contributed by atoms with Crippen molar-refractivity contribution in [2.45, 2.75) is 29.4 Å². The molecule has 1 aromatic rings. The van der Waals surface area contributed by atoms with Crippen molar-refractivity contribution in [2.24, 2.45) is 0 Å². The normalized spacial score (nSPS) is 22.2. The second-order valence-electron chi connectivity index (χ2n) is 3.33. The summed E-state index contributed by atoms with van der Waals surface area (Å²) in [5, 5.41) is 0.523. The lowest BCUT2D eigenvalue weighted by atomic mass is 10.4. The van der Waals surface area contributed by atoms with Crippen molar-refractivity contribution >= 4 is 17.5 Å². The summed E-state index contributed by atoms with van der Waals surface area (Å²) in [6.07, 6.45) is 2.60. The summed E-state index contributed by atoms with van der Waals surface area (Å²) in [7, 11) is 0. The fourth-order valence-electron chi connectivity index (χ4n) is 1.57. The van der Waals surface area contributed by atoms with Gasteiger partial charge in [-0.1, -0.05) is 18.2 Å². The maximum absolute atomic E-state index is 11.0. The lowest BCUT2D eigenvalue weighted by Crippen LogP contribution is -1.95. The third-order valence-electron chi connectivity index (χ3n) is 2.25. The van der Waals surface area contributed by atoms with E-state index in [1.54, 1.807) is 0 Å². The molecule has 1 atom stereocenters. The molecule has 1 saturated carbocycles. The molecular weight excluding hydrogens is 180 g/mol. The number of benzene rings is 1. The van der Waals surface area contributed by atoms with Crippen molar-refractivity contribution in [1.82, 2.24) is 0 Å². The average molecular weight is 192 g/mol. The molecular formula is C11H12OS. The molecule has 1 aromatic carbocycles. The van der Waals surface area contributed by atoms with Crippen LogP contribution in [0, 0.1) is 0 Å². The first kappa shape index (κ1) is 8.82. The van der Waals surface area contributed by atoms with Gasteiger partial charge in [-0.05, 0) is 18.6 Å². The Balaban J connectivity index is 1.96. The van der Waals surface area contributed by atoms with Crippen molar-refractivity contribution in [1.29, 1.82) is 0 Å². The number of hydrogen-bond acceptors (Lipinski definition) is 2. The molecule has 1 aliphatic rings. The smallest absolute Gasteiger partial charge is 0.134 e. The van der Waals surface area contributed by atoms with Crippen LogP contribution < -0.4 is 0 Å². The Morgan fingerprint density at radius 3 is 2.62 bits per heavy atom. The van der Waals surface area contributed by atoms with Crippen LogP contribution in [0.4, 0.5) is 0 Å². The van der Waals surface area contributed by atoms with Gasteiger partial charge < -0.3 is 0 Å². The molecule has 1 nitrogen and oxygen atoms in total. The van der Waals surface area contributed by atoms with Gasteiger partial charge in [0.2, 0.25) is 0 Å². The lowest BCUT2D eigenvalue weighted by Gasteiger charge is -2.06. The lowest BCUT2D eigenvalue weighted by molar-refractivity contribution is -0.117. The van der Waals surface area contributed by atoms with E-state index in [-0.39, 0.29) is 0 Å². The number of ketones is 1. The summed E-state index contributed by atoms with van der Waals surface area (Å²) in [6, 6.07) is 10.3. The zero-order chi connectivity index (χ0) is 9.10. The van der Waals surface area contributed by atoms with E-state index in [2.05, 4.69) is 12.1 Å². The molecule has 0 spiro atoms. The highest BCUT2D eigenvalue weighted by Gasteiger charge is 2.22. The summed E-state index contributed by atoms with van der Waals surface area (Å²) >= 11 is 1.83. The Morgan fingerprint density at radius 2 is 2.00 bits per heavy atom. The van der Waals surface area contributed by atoms with Crippen LogP contribution >= 0.6 is 11.8 Å². The molecule has 13 heavy (non-hydrogen) atoms. The number of rotatable bonds is 2. The predicted octanol–water partition coefficient (Wildman–Crippen LogP) is 2.90. The summed E-state index contributed by atoms with van der Waals surface area (Å²) in [5.74, 6) is 0.424. The third kappa shape index (κ3) is 2.34. The molecule has 0 aromatic heterocycles. The van der Waals surface area contributed by atoms with Gasteiger partial charge in [-0.3, -0.25) is 4.79 Å². The number of thioether (sulfide) groups is 1. The van der Waals surface area contributed by atoms with E-state index >= 15 is 0 Å². The molecule has 0 saturated heterocycles. The highest BCUT2D eigenvalue weighted by molar-refractivity contribution is 8.00.